The molecule has 17 heavy (non-hydrogen) atoms. The number of hydrogen-bond donors (Lipinski definition) is 0. The highest BCUT2D eigenvalue weighted by atomic mass is 32.1. The van der Waals surface area contributed by atoms with Crippen LogP contribution in [0.15, 0.2) is 17.1 Å². The number of rotatable bonds is 4. The lowest BCUT2D eigenvalue weighted by molar-refractivity contribution is 0.727. The first-order valence-electron chi connectivity index (χ1n) is 5.87. The van der Waals surface area contributed by atoms with Gasteiger partial charge in [0.15, 0.2) is 0 Å². The van der Waals surface area contributed by atoms with Crippen LogP contribution in [0.2, 0.25) is 0 Å². The van der Waals surface area contributed by atoms with Crippen LogP contribution in [0, 0.1) is 5.92 Å². The van der Waals surface area contributed by atoms with Gasteiger partial charge >= 0.3 is 0 Å². The van der Waals surface area contributed by atoms with Crippen molar-refractivity contribution in [2.75, 3.05) is 18.0 Å². The molecule has 0 atom stereocenters. The van der Waals surface area contributed by atoms with Crippen molar-refractivity contribution in [2.45, 2.75) is 19.8 Å². The van der Waals surface area contributed by atoms with Gasteiger partial charge in [0.2, 0.25) is 10.1 Å². The molecule has 1 saturated carbocycles. The molecule has 2 heterocycles. The van der Waals surface area contributed by atoms with Gasteiger partial charge in [-0.3, -0.25) is 4.79 Å². The van der Waals surface area contributed by atoms with Crippen molar-refractivity contribution in [3.63, 3.8) is 0 Å². The first-order chi connectivity index (χ1) is 8.28. The Labute approximate surface area is 103 Å². The Balaban J connectivity index is 1.98. The Kier molecular flexibility index (Phi) is 2.58. The number of hydrogen-bond acceptors (Lipinski definition) is 5. The van der Waals surface area contributed by atoms with Gasteiger partial charge in [-0.2, -0.15) is 4.52 Å². The van der Waals surface area contributed by atoms with Crippen LogP contribution >= 0.6 is 11.3 Å². The molecular formula is C11H14N4OS. The number of aromatic nitrogens is 3. The summed E-state index contributed by atoms with van der Waals surface area (Å²) in [5.74, 6) is 0.812. The summed E-state index contributed by atoms with van der Waals surface area (Å²) in [6.07, 6.45) is 4.18. The average Bonchev–Trinajstić information content (AvgIpc) is 3.04. The molecule has 0 amide bonds. The van der Waals surface area contributed by atoms with Crippen LogP contribution in [0.1, 0.15) is 19.8 Å². The van der Waals surface area contributed by atoms with E-state index in [1.54, 1.807) is 0 Å². The van der Waals surface area contributed by atoms with E-state index in [0.717, 1.165) is 24.1 Å². The second kappa shape index (κ2) is 4.10. The molecule has 6 heteroatoms. The van der Waals surface area contributed by atoms with Gasteiger partial charge in [-0.1, -0.05) is 11.3 Å². The van der Waals surface area contributed by atoms with E-state index in [1.165, 1.54) is 41.0 Å². The van der Waals surface area contributed by atoms with E-state index in [2.05, 4.69) is 21.9 Å². The minimum absolute atomic E-state index is 0.111. The predicted octanol–water partition coefficient (Wildman–Crippen LogP) is 1.39. The summed E-state index contributed by atoms with van der Waals surface area (Å²) < 4.78 is 1.38. The van der Waals surface area contributed by atoms with Gasteiger partial charge in [-0.25, -0.2) is 4.98 Å². The zero-order valence-corrected chi connectivity index (χ0v) is 10.5. The SMILES string of the molecule is CCN(CC1CC1)c1nn2c(=O)ccnc2s1. The third-order valence-corrected chi connectivity index (χ3v) is 3.97. The Morgan fingerprint density at radius 1 is 1.59 bits per heavy atom. The van der Waals surface area contributed by atoms with Crippen molar-refractivity contribution in [3.8, 4) is 0 Å². The molecule has 0 saturated heterocycles. The molecule has 0 aromatic carbocycles. The quantitative estimate of drug-likeness (QED) is 0.822. The number of fused-ring (bicyclic) bond motifs is 1. The lowest BCUT2D eigenvalue weighted by atomic mass is 10.4. The third kappa shape index (κ3) is 2.04. The van der Waals surface area contributed by atoms with Gasteiger partial charge in [-0.15, -0.1) is 5.10 Å². The summed E-state index contributed by atoms with van der Waals surface area (Å²) in [5, 5.41) is 5.25. The van der Waals surface area contributed by atoms with E-state index in [4.69, 9.17) is 0 Å². The number of anilines is 1. The van der Waals surface area contributed by atoms with Crippen molar-refractivity contribution in [3.05, 3.63) is 22.6 Å². The molecule has 0 bridgehead atoms. The number of nitrogens with zero attached hydrogens (tertiary/aromatic N) is 4. The zero-order chi connectivity index (χ0) is 11.8. The molecule has 1 aliphatic rings. The monoisotopic (exact) mass is 250 g/mol. The predicted molar refractivity (Wildman–Crippen MR) is 67.7 cm³/mol. The molecule has 0 spiro atoms. The highest BCUT2D eigenvalue weighted by molar-refractivity contribution is 7.20. The van der Waals surface area contributed by atoms with Crippen LogP contribution < -0.4 is 10.5 Å². The molecule has 1 fully saturated rings. The summed E-state index contributed by atoms with van der Waals surface area (Å²) in [7, 11) is 0. The molecule has 0 N–H and O–H groups in total. The Bertz CT molecular complexity index is 586. The molecular weight excluding hydrogens is 236 g/mol. The first kappa shape index (κ1) is 10.7. The standard InChI is InChI=1S/C11H14N4OS/c1-2-14(7-8-3-4-8)11-13-15-9(16)5-6-12-10(15)17-11/h5-6,8H,2-4,7H2,1H3. The summed E-state index contributed by atoms with van der Waals surface area (Å²) >= 11 is 1.48. The molecule has 0 aliphatic heterocycles. The van der Waals surface area contributed by atoms with Crippen LogP contribution in [-0.2, 0) is 0 Å². The molecule has 90 valence electrons. The van der Waals surface area contributed by atoms with Gasteiger partial charge < -0.3 is 4.90 Å². The summed E-state index contributed by atoms with van der Waals surface area (Å²) in [6.45, 7) is 4.08. The van der Waals surface area contributed by atoms with E-state index < -0.39 is 0 Å². The molecule has 2 aromatic rings. The van der Waals surface area contributed by atoms with Gasteiger partial charge in [0, 0.05) is 25.4 Å². The minimum Gasteiger partial charge on any atom is -0.347 e. The molecule has 3 rings (SSSR count). The van der Waals surface area contributed by atoms with Crippen molar-refractivity contribution >= 4 is 21.4 Å². The van der Waals surface area contributed by atoms with Gasteiger partial charge in [0.25, 0.3) is 5.56 Å². The first-order valence-corrected chi connectivity index (χ1v) is 6.69. The molecule has 2 aromatic heterocycles. The Hall–Kier alpha value is -1.43. The van der Waals surface area contributed by atoms with E-state index in [9.17, 15) is 4.79 Å². The fraction of sp³-hybridized carbons (Fsp3) is 0.545. The average molecular weight is 250 g/mol. The van der Waals surface area contributed by atoms with E-state index in [0.29, 0.717) is 4.96 Å². The van der Waals surface area contributed by atoms with Crippen molar-refractivity contribution in [1.29, 1.82) is 0 Å². The van der Waals surface area contributed by atoms with Crippen molar-refractivity contribution < 1.29 is 0 Å². The second-order valence-corrected chi connectivity index (χ2v) is 5.28. The van der Waals surface area contributed by atoms with Crippen LogP contribution in [0.3, 0.4) is 0 Å². The van der Waals surface area contributed by atoms with E-state index in [-0.39, 0.29) is 5.56 Å². The van der Waals surface area contributed by atoms with Crippen molar-refractivity contribution in [1.82, 2.24) is 14.6 Å². The highest BCUT2D eigenvalue weighted by Gasteiger charge is 2.25. The van der Waals surface area contributed by atoms with E-state index in [1.807, 2.05) is 0 Å². The normalized spacial score (nSPS) is 15.4. The maximum atomic E-state index is 11.6. The maximum Gasteiger partial charge on any atom is 0.275 e. The van der Waals surface area contributed by atoms with Gasteiger partial charge in [0.05, 0.1) is 0 Å². The smallest absolute Gasteiger partial charge is 0.275 e. The molecule has 5 nitrogen and oxygen atoms in total. The van der Waals surface area contributed by atoms with Crippen LogP contribution in [0.25, 0.3) is 4.96 Å². The highest BCUT2D eigenvalue weighted by Crippen LogP contribution is 2.32. The summed E-state index contributed by atoms with van der Waals surface area (Å²) in [5.41, 5.74) is -0.111. The fourth-order valence-electron chi connectivity index (χ4n) is 1.82. The Morgan fingerprint density at radius 3 is 3.06 bits per heavy atom. The fourth-order valence-corrected chi connectivity index (χ4v) is 2.77. The lowest BCUT2D eigenvalue weighted by Gasteiger charge is -2.18. The largest absolute Gasteiger partial charge is 0.347 e. The van der Waals surface area contributed by atoms with Gasteiger partial charge in [0.1, 0.15) is 0 Å². The van der Waals surface area contributed by atoms with Crippen LogP contribution in [0.5, 0.6) is 0 Å². The maximum absolute atomic E-state index is 11.6. The molecule has 0 radical (unpaired) electrons. The van der Waals surface area contributed by atoms with Crippen molar-refractivity contribution in [2.24, 2.45) is 5.92 Å². The molecule has 1 aliphatic carbocycles. The second-order valence-electron chi connectivity index (χ2n) is 4.34. The van der Waals surface area contributed by atoms with Gasteiger partial charge in [-0.05, 0) is 25.7 Å². The minimum atomic E-state index is -0.111. The third-order valence-electron chi connectivity index (χ3n) is 2.99. The Morgan fingerprint density at radius 2 is 2.41 bits per heavy atom. The lowest BCUT2D eigenvalue weighted by Crippen LogP contribution is -2.25. The molecule has 0 unspecified atom stereocenters. The van der Waals surface area contributed by atoms with Crippen LogP contribution in [-0.4, -0.2) is 27.7 Å². The van der Waals surface area contributed by atoms with E-state index >= 15 is 0 Å². The zero-order valence-electron chi connectivity index (χ0n) is 9.67. The van der Waals surface area contributed by atoms with Crippen LogP contribution in [0.4, 0.5) is 5.13 Å². The topological polar surface area (TPSA) is 50.5 Å². The summed E-state index contributed by atoms with van der Waals surface area (Å²) in [6, 6.07) is 1.44. The summed E-state index contributed by atoms with van der Waals surface area (Å²) in [4.78, 5) is 18.7.